The lowest BCUT2D eigenvalue weighted by Gasteiger charge is -2.19. The largest absolute Gasteiger partial charge is 0.349 e. The molecule has 4 heteroatoms. The van der Waals surface area contributed by atoms with Crippen LogP contribution in [0.5, 0.6) is 0 Å². The predicted molar refractivity (Wildman–Crippen MR) is 82.6 cm³/mol. The Kier molecular flexibility index (Phi) is 4.47. The molecule has 1 heterocycles. The summed E-state index contributed by atoms with van der Waals surface area (Å²) in [5, 5.41) is 3.10. The molecule has 0 saturated heterocycles. The van der Waals surface area contributed by atoms with Crippen LogP contribution in [0.4, 0.5) is 4.39 Å². The summed E-state index contributed by atoms with van der Waals surface area (Å²) in [4.78, 5) is 16.2. The summed E-state index contributed by atoms with van der Waals surface area (Å²) < 4.78 is 13.0. The topological polar surface area (TPSA) is 42.0 Å². The first-order valence-corrected chi connectivity index (χ1v) is 7.66. The number of nitrogens with zero attached hydrogens (tertiary/aromatic N) is 1. The van der Waals surface area contributed by atoms with Gasteiger partial charge in [0.25, 0.3) is 0 Å². The van der Waals surface area contributed by atoms with Crippen LogP contribution in [0.25, 0.3) is 0 Å². The number of rotatable bonds is 6. The number of benzene rings is 1. The maximum Gasteiger partial charge on any atom is 0.220 e. The molecule has 1 amide bonds. The van der Waals surface area contributed by atoms with Crippen molar-refractivity contribution in [2.45, 2.75) is 31.7 Å². The minimum Gasteiger partial charge on any atom is -0.349 e. The molecule has 2 aromatic rings. The third-order valence-corrected chi connectivity index (χ3v) is 4.00. The highest BCUT2D eigenvalue weighted by molar-refractivity contribution is 5.76. The molecule has 1 aromatic carbocycles. The second-order valence-corrected chi connectivity index (χ2v) is 5.80. The average molecular weight is 298 g/mol. The number of halogens is 1. The van der Waals surface area contributed by atoms with Crippen molar-refractivity contribution in [2.75, 3.05) is 0 Å². The normalized spacial score (nSPS) is 15.3. The van der Waals surface area contributed by atoms with Crippen molar-refractivity contribution in [3.8, 4) is 0 Å². The molecule has 3 rings (SSSR count). The molecule has 114 valence electrons. The van der Waals surface area contributed by atoms with E-state index in [0.717, 1.165) is 24.0 Å². The Bertz CT molecular complexity index is 623. The lowest BCUT2D eigenvalue weighted by atomic mass is 10.0. The Morgan fingerprint density at radius 2 is 2.05 bits per heavy atom. The molecule has 1 N–H and O–H groups in total. The predicted octanol–water partition coefficient (Wildman–Crippen LogP) is 3.42. The first-order chi connectivity index (χ1) is 10.7. The Morgan fingerprint density at radius 3 is 2.68 bits per heavy atom. The van der Waals surface area contributed by atoms with Crippen molar-refractivity contribution in [1.29, 1.82) is 0 Å². The number of pyridine rings is 1. The van der Waals surface area contributed by atoms with Crippen molar-refractivity contribution >= 4 is 5.91 Å². The highest BCUT2D eigenvalue weighted by Crippen LogP contribution is 2.41. The summed E-state index contributed by atoms with van der Waals surface area (Å²) in [6.45, 7) is 0. The van der Waals surface area contributed by atoms with Gasteiger partial charge in [0.05, 0.1) is 6.04 Å². The van der Waals surface area contributed by atoms with E-state index in [4.69, 9.17) is 0 Å². The van der Waals surface area contributed by atoms with Crippen LogP contribution in [0.2, 0.25) is 0 Å². The van der Waals surface area contributed by atoms with E-state index in [-0.39, 0.29) is 17.8 Å². The maximum absolute atomic E-state index is 13.0. The van der Waals surface area contributed by atoms with Gasteiger partial charge in [-0.15, -0.1) is 0 Å². The van der Waals surface area contributed by atoms with Crippen molar-refractivity contribution in [2.24, 2.45) is 5.92 Å². The van der Waals surface area contributed by atoms with E-state index in [0.29, 0.717) is 18.8 Å². The lowest BCUT2D eigenvalue weighted by molar-refractivity contribution is -0.122. The number of aryl methyl sites for hydroxylation is 1. The van der Waals surface area contributed by atoms with Crippen LogP contribution in [-0.4, -0.2) is 10.9 Å². The highest BCUT2D eigenvalue weighted by Gasteiger charge is 2.33. The zero-order valence-electron chi connectivity index (χ0n) is 12.3. The molecule has 1 fully saturated rings. The Hall–Kier alpha value is -2.23. The number of amides is 1. The van der Waals surface area contributed by atoms with E-state index in [1.54, 1.807) is 24.5 Å². The smallest absolute Gasteiger partial charge is 0.220 e. The van der Waals surface area contributed by atoms with Crippen LogP contribution in [0.3, 0.4) is 0 Å². The van der Waals surface area contributed by atoms with Crippen LogP contribution < -0.4 is 5.32 Å². The first kappa shape index (κ1) is 14.7. The maximum atomic E-state index is 13.0. The van der Waals surface area contributed by atoms with E-state index >= 15 is 0 Å². The van der Waals surface area contributed by atoms with Crippen LogP contribution >= 0.6 is 0 Å². The number of hydrogen-bond donors (Lipinski definition) is 1. The van der Waals surface area contributed by atoms with Gasteiger partial charge in [-0.2, -0.15) is 0 Å². The summed E-state index contributed by atoms with van der Waals surface area (Å²) >= 11 is 0. The minimum atomic E-state index is -0.249. The Morgan fingerprint density at radius 1 is 1.27 bits per heavy atom. The lowest BCUT2D eigenvalue weighted by Crippen LogP contribution is -2.30. The van der Waals surface area contributed by atoms with Gasteiger partial charge in [0.2, 0.25) is 5.91 Å². The highest BCUT2D eigenvalue weighted by atomic mass is 19.1. The van der Waals surface area contributed by atoms with Gasteiger partial charge in [-0.3, -0.25) is 9.78 Å². The first-order valence-electron chi connectivity index (χ1n) is 7.66. The minimum absolute atomic E-state index is 0.00185. The van der Waals surface area contributed by atoms with Crippen molar-refractivity contribution < 1.29 is 9.18 Å². The monoisotopic (exact) mass is 298 g/mol. The van der Waals surface area contributed by atoms with Crippen molar-refractivity contribution in [3.63, 3.8) is 0 Å². The van der Waals surface area contributed by atoms with Crippen LogP contribution in [0, 0.1) is 11.7 Å². The second kappa shape index (κ2) is 6.69. The standard InChI is InChI=1S/C18H19FN2O/c19-16-8-6-15(7-9-16)18(14-4-5-14)21-17(22)10-3-13-2-1-11-20-12-13/h1-2,6-9,11-12,14,18H,3-5,10H2,(H,21,22). The van der Waals surface area contributed by atoms with Gasteiger partial charge in [-0.05, 0) is 54.5 Å². The summed E-state index contributed by atoms with van der Waals surface area (Å²) in [5.74, 6) is 0.263. The molecular formula is C18H19FN2O. The van der Waals surface area contributed by atoms with E-state index < -0.39 is 0 Å². The molecule has 0 aliphatic heterocycles. The van der Waals surface area contributed by atoms with Gasteiger partial charge in [-0.25, -0.2) is 4.39 Å². The summed E-state index contributed by atoms with van der Waals surface area (Å²) in [5.41, 5.74) is 2.04. The molecule has 1 aliphatic carbocycles. The number of carbonyl (C=O) groups excluding carboxylic acids is 1. The second-order valence-electron chi connectivity index (χ2n) is 5.80. The average Bonchev–Trinajstić information content (AvgIpc) is 3.37. The number of nitrogens with one attached hydrogen (secondary N) is 1. The molecular weight excluding hydrogens is 279 g/mol. The fourth-order valence-electron chi connectivity index (χ4n) is 2.62. The molecule has 1 atom stereocenters. The van der Waals surface area contributed by atoms with E-state index in [1.165, 1.54) is 12.1 Å². The summed E-state index contributed by atoms with van der Waals surface area (Å²) in [6.07, 6.45) is 6.86. The molecule has 22 heavy (non-hydrogen) atoms. The molecule has 0 spiro atoms. The van der Waals surface area contributed by atoms with Crippen molar-refractivity contribution in [1.82, 2.24) is 10.3 Å². The van der Waals surface area contributed by atoms with Crippen LogP contribution in [-0.2, 0) is 11.2 Å². The van der Waals surface area contributed by atoms with Crippen LogP contribution in [0.15, 0.2) is 48.8 Å². The van der Waals surface area contributed by atoms with E-state index in [2.05, 4.69) is 10.3 Å². The van der Waals surface area contributed by atoms with E-state index in [1.807, 2.05) is 12.1 Å². The molecule has 0 radical (unpaired) electrons. The summed E-state index contributed by atoms with van der Waals surface area (Å²) in [6, 6.07) is 10.3. The summed E-state index contributed by atoms with van der Waals surface area (Å²) in [7, 11) is 0. The Labute approximate surface area is 129 Å². The molecule has 1 aromatic heterocycles. The van der Waals surface area contributed by atoms with E-state index in [9.17, 15) is 9.18 Å². The van der Waals surface area contributed by atoms with Gasteiger partial charge >= 0.3 is 0 Å². The fraction of sp³-hybridized carbons (Fsp3) is 0.333. The third-order valence-electron chi connectivity index (χ3n) is 4.00. The quantitative estimate of drug-likeness (QED) is 0.888. The molecule has 3 nitrogen and oxygen atoms in total. The van der Waals surface area contributed by atoms with Crippen LogP contribution in [0.1, 0.15) is 36.4 Å². The van der Waals surface area contributed by atoms with Gasteiger partial charge in [0, 0.05) is 18.8 Å². The van der Waals surface area contributed by atoms with Crippen molar-refractivity contribution in [3.05, 3.63) is 65.7 Å². The molecule has 1 unspecified atom stereocenters. The van der Waals surface area contributed by atoms with Gasteiger partial charge in [-0.1, -0.05) is 18.2 Å². The number of aromatic nitrogens is 1. The van der Waals surface area contributed by atoms with Gasteiger partial charge < -0.3 is 5.32 Å². The van der Waals surface area contributed by atoms with Gasteiger partial charge in [0.15, 0.2) is 0 Å². The SMILES string of the molecule is O=C(CCc1cccnc1)NC(c1ccc(F)cc1)C1CC1. The number of carbonyl (C=O) groups is 1. The molecule has 1 saturated carbocycles. The number of hydrogen-bond acceptors (Lipinski definition) is 2. The third kappa shape index (κ3) is 3.91. The zero-order chi connectivity index (χ0) is 15.4. The fourth-order valence-corrected chi connectivity index (χ4v) is 2.62. The Balaban J connectivity index is 1.59. The molecule has 0 bridgehead atoms. The zero-order valence-corrected chi connectivity index (χ0v) is 12.3. The van der Waals surface area contributed by atoms with Gasteiger partial charge in [0.1, 0.15) is 5.82 Å². The molecule has 1 aliphatic rings.